The Hall–Kier alpha value is -4.04. The average Bonchev–Trinajstić information content (AvgIpc) is 2.91. The second-order valence-electron chi connectivity index (χ2n) is 9.11. The largest absolute Gasteiger partial charge is 0.489 e. The van der Waals surface area contributed by atoms with Crippen molar-refractivity contribution in [1.82, 2.24) is 4.98 Å². The minimum absolute atomic E-state index is 0.149. The van der Waals surface area contributed by atoms with Gasteiger partial charge in [-0.1, -0.05) is 78.3 Å². The van der Waals surface area contributed by atoms with Gasteiger partial charge >= 0.3 is 12.4 Å². The number of aromatic nitrogens is 1. The molecule has 5 aromatic rings. The molecule has 0 aliphatic rings. The van der Waals surface area contributed by atoms with Gasteiger partial charge in [0, 0.05) is 17.1 Å². The van der Waals surface area contributed by atoms with Crippen LogP contribution in [0.25, 0.3) is 22.0 Å². The third kappa shape index (κ3) is 5.77. The highest BCUT2D eigenvalue weighted by atomic mass is 35.5. The number of halogens is 7. The summed E-state index contributed by atoms with van der Waals surface area (Å²) in [5.41, 5.74) is 0.953. The van der Waals surface area contributed by atoms with Crippen LogP contribution in [0.2, 0.25) is 5.02 Å². The van der Waals surface area contributed by atoms with Gasteiger partial charge in [-0.05, 0) is 52.9 Å². The predicted molar refractivity (Wildman–Crippen MR) is 142 cm³/mol. The average molecular weight is 572 g/mol. The van der Waals surface area contributed by atoms with E-state index in [0.29, 0.717) is 34.2 Å². The Labute approximate surface area is 230 Å². The summed E-state index contributed by atoms with van der Waals surface area (Å²) in [6, 6.07) is 23.6. The Morgan fingerprint density at radius 1 is 0.700 bits per heavy atom. The highest BCUT2D eigenvalue weighted by Gasteiger charge is 2.34. The quantitative estimate of drug-likeness (QED) is 0.189. The minimum Gasteiger partial charge on any atom is -0.489 e. The SMILES string of the molecule is FC(F)(F)c1cccc(COc2cccc(-c3c(Cc4ccccc4)cnc4c(C(F)(F)F)cccc34)c2)c1Cl. The lowest BCUT2D eigenvalue weighted by Crippen LogP contribution is -2.08. The first-order valence-electron chi connectivity index (χ1n) is 12.1. The molecule has 1 heterocycles. The zero-order valence-corrected chi connectivity index (χ0v) is 21.4. The van der Waals surface area contributed by atoms with Gasteiger partial charge in [-0.25, -0.2) is 0 Å². The molecule has 0 saturated heterocycles. The Bertz CT molecular complexity index is 1670. The topological polar surface area (TPSA) is 22.1 Å². The van der Waals surface area contributed by atoms with Crippen LogP contribution in [0.5, 0.6) is 5.75 Å². The smallest absolute Gasteiger partial charge is 0.418 e. The van der Waals surface area contributed by atoms with Crippen LogP contribution >= 0.6 is 11.6 Å². The van der Waals surface area contributed by atoms with E-state index in [9.17, 15) is 26.3 Å². The summed E-state index contributed by atoms with van der Waals surface area (Å²) in [4.78, 5) is 4.21. The third-order valence-electron chi connectivity index (χ3n) is 6.42. The molecule has 0 N–H and O–H groups in total. The van der Waals surface area contributed by atoms with Gasteiger partial charge in [-0.3, -0.25) is 4.98 Å². The molecule has 0 aliphatic heterocycles. The first-order valence-corrected chi connectivity index (χ1v) is 12.5. The Balaban J connectivity index is 1.57. The summed E-state index contributed by atoms with van der Waals surface area (Å²) < 4.78 is 87.0. The summed E-state index contributed by atoms with van der Waals surface area (Å²) in [5, 5.41) is -0.127. The first kappa shape index (κ1) is 27.5. The van der Waals surface area contributed by atoms with E-state index in [1.807, 2.05) is 30.3 Å². The molecule has 0 spiro atoms. The monoisotopic (exact) mass is 571 g/mol. The van der Waals surface area contributed by atoms with Gasteiger partial charge in [-0.2, -0.15) is 26.3 Å². The van der Waals surface area contributed by atoms with Crippen LogP contribution in [-0.4, -0.2) is 4.98 Å². The molecule has 4 aromatic carbocycles. The van der Waals surface area contributed by atoms with E-state index in [1.165, 1.54) is 24.4 Å². The molecule has 0 radical (unpaired) electrons. The maximum atomic E-state index is 13.8. The van der Waals surface area contributed by atoms with E-state index < -0.39 is 28.5 Å². The van der Waals surface area contributed by atoms with Crippen LogP contribution in [0.15, 0.2) is 97.2 Å². The van der Waals surface area contributed by atoms with Crippen molar-refractivity contribution >= 4 is 22.5 Å². The van der Waals surface area contributed by atoms with Crippen molar-refractivity contribution in [2.24, 2.45) is 0 Å². The minimum atomic E-state index is -4.61. The number of hydrogen-bond acceptors (Lipinski definition) is 2. The molecule has 0 atom stereocenters. The van der Waals surface area contributed by atoms with Crippen molar-refractivity contribution in [1.29, 1.82) is 0 Å². The predicted octanol–water partition coefficient (Wildman–Crippen LogP) is 9.76. The number of pyridine rings is 1. The molecule has 0 saturated carbocycles. The lowest BCUT2D eigenvalue weighted by Gasteiger charge is -2.17. The Morgan fingerprint density at radius 3 is 2.10 bits per heavy atom. The maximum Gasteiger partial charge on any atom is 0.418 e. The molecule has 9 heteroatoms. The Kier molecular flexibility index (Phi) is 7.47. The van der Waals surface area contributed by atoms with Crippen molar-refractivity contribution in [2.45, 2.75) is 25.4 Å². The van der Waals surface area contributed by atoms with Gasteiger partial charge in [0.1, 0.15) is 12.4 Å². The van der Waals surface area contributed by atoms with Crippen molar-refractivity contribution in [3.05, 3.63) is 130 Å². The number of para-hydroxylation sites is 1. The lowest BCUT2D eigenvalue weighted by molar-refractivity contribution is -0.138. The fraction of sp³-hybridized carbons (Fsp3) is 0.129. The molecule has 0 unspecified atom stereocenters. The lowest BCUT2D eigenvalue weighted by atomic mass is 9.92. The molecule has 204 valence electrons. The molecular formula is C31H20ClF6NO. The van der Waals surface area contributed by atoms with E-state index >= 15 is 0 Å². The molecule has 0 amide bonds. The number of ether oxygens (including phenoxy) is 1. The van der Waals surface area contributed by atoms with Crippen LogP contribution in [0.1, 0.15) is 27.8 Å². The second kappa shape index (κ2) is 10.8. The highest BCUT2D eigenvalue weighted by Crippen LogP contribution is 2.40. The summed E-state index contributed by atoms with van der Waals surface area (Å²) in [7, 11) is 0. The van der Waals surface area contributed by atoms with Crippen molar-refractivity contribution in [3.8, 4) is 16.9 Å². The van der Waals surface area contributed by atoms with E-state index in [0.717, 1.165) is 17.7 Å². The van der Waals surface area contributed by atoms with Gasteiger partial charge in [0.2, 0.25) is 0 Å². The second-order valence-corrected chi connectivity index (χ2v) is 9.49. The summed E-state index contributed by atoms with van der Waals surface area (Å²) in [6.07, 6.45) is -7.34. The number of benzene rings is 4. The van der Waals surface area contributed by atoms with Gasteiger partial charge in [0.05, 0.1) is 21.7 Å². The molecule has 40 heavy (non-hydrogen) atoms. The Morgan fingerprint density at radius 2 is 1.38 bits per heavy atom. The summed E-state index contributed by atoms with van der Waals surface area (Å²) in [6.45, 7) is -0.238. The van der Waals surface area contributed by atoms with Crippen molar-refractivity contribution < 1.29 is 31.1 Å². The van der Waals surface area contributed by atoms with Gasteiger partial charge in [0.15, 0.2) is 0 Å². The fourth-order valence-corrected chi connectivity index (χ4v) is 4.88. The van der Waals surface area contributed by atoms with E-state index in [4.69, 9.17) is 16.3 Å². The molecule has 0 fully saturated rings. The van der Waals surface area contributed by atoms with Crippen molar-refractivity contribution in [2.75, 3.05) is 0 Å². The van der Waals surface area contributed by atoms with Crippen molar-refractivity contribution in [3.63, 3.8) is 0 Å². The molecular weight excluding hydrogens is 552 g/mol. The zero-order valence-electron chi connectivity index (χ0n) is 20.7. The van der Waals surface area contributed by atoms with E-state index in [1.54, 1.807) is 30.3 Å². The zero-order chi connectivity index (χ0) is 28.5. The van der Waals surface area contributed by atoms with Crippen LogP contribution in [0.4, 0.5) is 26.3 Å². The molecule has 0 bridgehead atoms. The van der Waals surface area contributed by atoms with Crippen LogP contribution in [0.3, 0.4) is 0 Å². The summed E-state index contributed by atoms with van der Waals surface area (Å²) >= 11 is 6.00. The summed E-state index contributed by atoms with van der Waals surface area (Å²) in [5.74, 6) is 0.313. The highest BCUT2D eigenvalue weighted by molar-refractivity contribution is 6.32. The number of fused-ring (bicyclic) bond motifs is 1. The van der Waals surface area contributed by atoms with Crippen LogP contribution < -0.4 is 4.74 Å². The van der Waals surface area contributed by atoms with Crippen LogP contribution in [0, 0.1) is 0 Å². The standard InChI is InChI=1S/C31H20ClF6NO/c32-28-21(10-5-13-25(28)30(33,34)35)18-40-23-11-4-9-20(16-23)27-22(15-19-7-2-1-3-8-19)17-39-29-24(27)12-6-14-26(29)31(36,37)38/h1-14,16-17H,15,18H2. The van der Waals surface area contributed by atoms with E-state index in [2.05, 4.69) is 4.98 Å². The normalized spacial score (nSPS) is 12.1. The maximum absolute atomic E-state index is 13.8. The van der Waals surface area contributed by atoms with Gasteiger partial charge in [-0.15, -0.1) is 0 Å². The number of rotatable bonds is 6. The molecule has 5 rings (SSSR count). The van der Waals surface area contributed by atoms with Crippen LogP contribution in [-0.2, 0) is 25.4 Å². The number of alkyl halides is 6. The van der Waals surface area contributed by atoms with Gasteiger partial charge in [0.25, 0.3) is 0 Å². The molecule has 0 aliphatic carbocycles. The first-order chi connectivity index (χ1) is 19.0. The third-order valence-corrected chi connectivity index (χ3v) is 6.87. The van der Waals surface area contributed by atoms with E-state index in [-0.39, 0.29) is 17.7 Å². The molecule has 1 aromatic heterocycles. The molecule has 2 nitrogen and oxygen atoms in total. The number of nitrogens with zero attached hydrogens (tertiary/aromatic N) is 1. The van der Waals surface area contributed by atoms with Gasteiger partial charge < -0.3 is 4.74 Å². The number of hydrogen-bond donors (Lipinski definition) is 0. The fourth-order valence-electron chi connectivity index (χ4n) is 4.60.